The molecule has 0 spiro atoms. The maximum atomic E-state index is 2.25. The summed E-state index contributed by atoms with van der Waals surface area (Å²) in [4.78, 5) is 0. The van der Waals surface area contributed by atoms with Gasteiger partial charge in [0, 0.05) is 0 Å². The second-order valence-corrected chi connectivity index (χ2v) is 5.01. The molecule has 4 rings (SSSR count). The largest absolute Gasteiger partial charge is 0.0870 e. The monoisotopic (exact) mass is 242 g/mol. The van der Waals surface area contributed by atoms with Crippen molar-refractivity contribution in [3.8, 4) is 0 Å². The van der Waals surface area contributed by atoms with Gasteiger partial charge in [0.1, 0.15) is 0 Å². The Balaban J connectivity index is 2.34. The molecule has 0 amide bonds. The van der Waals surface area contributed by atoms with Crippen LogP contribution in [0.1, 0.15) is 12.5 Å². The molecule has 0 radical (unpaired) electrons. The van der Waals surface area contributed by atoms with E-state index in [9.17, 15) is 0 Å². The molecular formula is C19H14. The van der Waals surface area contributed by atoms with Crippen molar-refractivity contribution in [2.75, 3.05) is 0 Å². The second-order valence-electron chi connectivity index (χ2n) is 5.01. The van der Waals surface area contributed by atoms with Crippen LogP contribution < -0.4 is 0 Å². The first-order valence-corrected chi connectivity index (χ1v) is 6.68. The lowest BCUT2D eigenvalue weighted by Crippen LogP contribution is -1.85. The van der Waals surface area contributed by atoms with Crippen molar-refractivity contribution >= 4 is 38.4 Å². The van der Waals surface area contributed by atoms with E-state index in [0.29, 0.717) is 0 Å². The van der Waals surface area contributed by atoms with Gasteiger partial charge in [-0.25, -0.2) is 0 Å². The van der Waals surface area contributed by atoms with Crippen molar-refractivity contribution in [1.29, 1.82) is 0 Å². The molecule has 0 saturated heterocycles. The maximum absolute atomic E-state index is 2.25. The number of allylic oxidation sites excluding steroid dienone is 1. The van der Waals surface area contributed by atoms with Crippen LogP contribution in [0, 0.1) is 0 Å². The van der Waals surface area contributed by atoms with Gasteiger partial charge in [-0.2, -0.15) is 0 Å². The molecular weight excluding hydrogens is 228 g/mol. The fourth-order valence-corrected chi connectivity index (χ4v) is 3.08. The highest BCUT2D eigenvalue weighted by Crippen LogP contribution is 2.36. The van der Waals surface area contributed by atoms with Crippen molar-refractivity contribution in [3.05, 3.63) is 66.2 Å². The van der Waals surface area contributed by atoms with Gasteiger partial charge >= 0.3 is 0 Å². The summed E-state index contributed by atoms with van der Waals surface area (Å²) in [6.45, 7) is 2.07. The van der Waals surface area contributed by atoms with Gasteiger partial charge in [-0.15, -0.1) is 0 Å². The van der Waals surface area contributed by atoms with Crippen molar-refractivity contribution in [3.63, 3.8) is 0 Å². The third-order valence-electron chi connectivity index (χ3n) is 3.91. The minimum atomic E-state index is 1.30. The zero-order chi connectivity index (χ0) is 12.8. The van der Waals surface area contributed by atoms with E-state index in [1.54, 1.807) is 0 Å². The van der Waals surface area contributed by atoms with Crippen molar-refractivity contribution in [1.82, 2.24) is 0 Å². The summed E-state index contributed by atoms with van der Waals surface area (Å²) in [7, 11) is 0. The quantitative estimate of drug-likeness (QED) is 0.380. The van der Waals surface area contributed by atoms with Crippen LogP contribution in [0.4, 0.5) is 0 Å². The third kappa shape index (κ3) is 1.40. The lowest BCUT2D eigenvalue weighted by atomic mass is 9.92. The van der Waals surface area contributed by atoms with Gasteiger partial charge in [-0.05, 0) is 44.8 Å². The molecule has 0 bridgehead atoms. The topological polar surface area (TPSA) is 0 Å². The van der Waals surface area contributed by atoms with Crippen LogP contribution >= 0.6 is 0 Å². The molecule has 0 saturated carbocycles. The predicted molar refractivity (Wildman–Crippen MR) is 84.9 cm³/mol. The van der Waals surface area contributed by atoms with E-state index in [0.717, 1.165) is 0 Å². The summed E-state index contributed by atoms with van der Waals surface area (Å²) in [5, 5.41) is 8.11. The summed E-state index contributed by atoms with van der Waals surface area (Å²) in [6.07, 6.45) is 4.29. The first-order chi connectivity index (χ1) is 9.38. The molecule has 0 atom stereocenters. The van der Waals surface area contributed by atoms with Gasteiger partial charge in [0.05, 0.1) is 0 Å². The Morgan fingerprint density at radius 3 is 2.05 bits per heavy atom. The minimum absolute atomic E-state index is 1.30. The molecule has 4 aromatic carbocycles. The highest BCUT2D eigenvalue weighted by atomic mass is 14.1. The lowest BCUT2D eigenvalue weighted by molar-refractivity contribution is 1.72. The molecule has 0 unspecified atom stereocenters. The predicted octanol–water partition coefficient (Wildman–Crippen LogP) is 5.62. The smallest absolute Gasteiger partial charge is 0.00208 e. The number of benzene rings is 4. The molecule has 19 heavy (non-hydrogen) atoms. The Bertz CT molecular complexity index is 897. The van der Waals surface area contributed by atoms with Crippen molar-refractivity contribution < 1.29 is 0 Å². The van der Waals surface area contributed by atoms with E-state index < -0.39 is 0 Å². The highest BCUT2D eigenvalue weighted by Gasteiger charge is 2.08. The van der Waals surface area contributed by atoms with Crippen molar-refractivity contribution in [2.24, 2.45) is 0 Å². The van der Waals surface area contributed by atoms with Crippen LogP contribution in [0.15, 0.2) is 60.7 Å². The van der Waals surface area contributed by atoms with E-state index in [1.165, 1.54) is 37.9 Å². The molecule has 90 valence electrons. The fourth-order valence-electron chi connectivity index (χ4n) is 3.08. The molecule has 0 aliphatic carbocycles. The van der Waals surface area contributed by atoms with Gasteiger partial charge in [-0.1, -0.05) is 66.7 Å². The Morgan fingerprint density at radius 2 is 1.32 bits per heavy atom. The molecule has 0 nitrogen and oxygen atoms in total. The van der Waals surface area contributed by atoms with E-state index >= 15 is 0 Å². The lowest BCUT2D eigenvalue weighted by Gasteiger charge is -2.12. The van der Waals surface area contributed by atoms with Crippen LogP contribution in [-0.4, -0.2) is 0 Å². The summed E-state index contributed by atoms with van der Waals surface area (Å²) in [6, 6.07) is 19.9. The zero-order valence-electron chi connectivity index (χ0n) is 10.9. The Labute approximate surface area is 112 Å². The van der Waals surface area contributed by atoms with Gasteiger partial charge in [0.25, 0.3) is 0 Å². The number of hydrogen-bond donors (Lipinski definition) is 0. The number of rotatable bonds is 1. The maximum Gasteiger partial charge on any atom is -0.00208 e. The van der Waals surface area contributed by atoms with Gasteiger partial charge in [0.15, 0.2) is 0 Å². The van der Waals surface area contributed by atoms with Crippen LogP contribution in [0.5, 0.6) is 0 Å². The SMILES string of the molecule is CC=Cc1ccc2ccc3cccc4ccc1c2c34. The van der Waals surface area contributed by atoms with E-state index in [2.05, 4.69) is 73.7 Å². The highest BCUT2D eigenvalue weighted by molar-refractivity contribution is 6.24. The Hall–Kier alpha value is -2.34. The summed E-state index contributed by atoms with van der Waals surface area (Å²) < 4.78 is 0. The average Bonchev–Trinajstić information content (AvgIpc) is 2.46. The summed E-state index contributed by atoms with van der Waals surface area (Å²) in [5.74, 6) is 0. The Kier molecular flexibility index (Phi) is 2.13. The molecule has 0 aliphatic rings. The molecule has 0 aromatic heterocycles. The molecule has 0 heteroatoms. The van der Waals surface area contributed by atoms with Crippen LogP contribution in [0.3, 0.4) is 0 Å². The third-order valence-corrected chi connectivity index (χ3v) is 3.91. The fraction of sp³-hybridized carbons (Fsp3) is 0.0526. The standard InChI is InChI=1S/C19H14/c1-2-4-13-7-8-16-10-9-14-5-3-6-15-11-12-17(13)19(16)18(14)15/h2-12H,1H3. The van der Waals surface area contributed by atoms with Crippen LogP contribution in [-0.2, 0) is 0 Å². The van der Waals surface area contributed by atoms with Gasteiger partial charge in [-0.3, -0.25) is 0 Å². The average molecular weight is 242 g/mol. The summed E-state index contributed by atoms with van der Waals surface area (Å²) in [5.41, 5.74) is 1.30. The molecule has 0 aliphatic heterocycles. The van der Waals surface area contributed by atoms with Crippen molar-refractivity contribution in [2.45, 2.75) is 6.92 Å². The minimum Gasteiger partial charge on any atom is -0.0870 e. The first-order valence-electron chi connectivity index (χ1n) is 6.68. The normalized spacial score (nSPS) is 12.3. The van der Waals surface area contributed by atoms with Crippen LogP contribution in [0.2, 0.25) is 0 Å². The zero-order valence-corrected chi connectivity index (χ0v) is 10.9. The Morgan fingerprint density at radius 1 is 0.684 bits per heavy atom. The molecule has 0 heterocycles. The van der Waals surface area contributed by atoms with E-state index in [4.69, 9.17) is 0 Å². The number of hydrogen-bond acceptors (Lipinski definition) is 0. The second kappa shape index (κ2) is 3.83. The molecule has 0 N–H and O–H groups in total. The summed E-state index contributed by atoms with van der Waals surface area (Å²) >= 11 is 0. The van der Waals surface area contributed by atoms with Gasteiger partial charge in [0.2, 0.25) is 0 Å². The first kappa shape index (κ1) is 10.6. The molecule has 0 fully saturated rings. The van der Waals surface area contributed by atoms with Crippen LogP contribution in [0.25, 0.3) is 38.4 Å². The van der Waals surface area contributed by atoms with Gasteiger partial charge < -0.3 is 0 Å². The van der Waals surface area contributed by atoms with E-state index in [1.807, 2.05) is 0 Å². The molecule has 4 aromatic rings. The van der Waals surface area contributed by atoms with E-state index in [-0.39, 0.29) is 0 Å².